The van der Waals surface area contributed by atoms with E-state index in [1.807, 2.05) is 0 Å². The highest BCUT2D eigenvalue weighted by Crippen LogP contribution is 2.57. The van der Waals surface area contributed by atoms with Gasteiger partial charge in [-0.3, -0.25) is 0 Å². The number of nitrogens with zero attached hydrogens (tertiary/aromatic N) is 1. The molecule has 0 aromatic heterocycles. The molecule has 0 amide bonds. The van der Waals surface area contributed by atoms with Crippen molar-refractivity contribution in [3.8, 4) is 33.4 Å². The van der Waals surface area contributed by atoms with Crippen LogP contribution in [-0.4, -0.2) is 0 Å². The summed E-state index contributed by atoms with van der Waals surface area (Å²) >= 11 is 0. The maximum atomic E-state index is 2.49. The second kappa shape index (κ2) is 15.3. The largest absolute Gasteiger partial charge is 0.310 e. The van der Waals surface area contributed by atoms with Crippen LogP contribution in [0.5, 0.6) is 0 Å². The van der Waals surface area contributed by atoms with Crippen LogP contribution in [0.3, 0.4) is 0 Å². The molecule has 0 unspecified atom stereocenters. The van der Waals surface area contributed by atoms with Crippen molar-refractivity contribution in [2.75, 3.05) is 4.90 Å². The maximum absolute atomic E-state index is 2.49. The number of hydrogen-bond acceptors (Lipinski definition) is 1. The third-order valence-corrected chi connectivity index (χ3v) is 14.1. The Kier molecular flexibility index (Phi) is 8.82. The summed E-state index contributed by atoms with van der Waals surface area (Å²) in [5.74, 6) is 0. The molecule has 0 radical (unpaired) electrons. The van der Waals surface area contributed by atoms with Gasteiger partial charge in [-0.2, -0.15) is 0 Å². The lowest BCUT2D eigenvalue weighted by atomic mass is 9.67. The molecule has 0 bridgehead atoms. The van der Waals surface area contributed by atoms with E-state index in [1.54, 1.807) is 0 Å². The second-order valence-electron chi connectivity index (χ2n) is 17.5. The van der Waals surface area contributed by atoms with Gasteiger partial charge in [0, 0.05) is 16.8 Å². The average Bonchev–Trinajstić information content (AvgIpc) is 3.69. The SMILES string of the molecule is c1ccc(N(c2ccccc2)c2ccc(-c3c4ccccc4c(-c4ccc5c(c4)-c4ccccc4C5(c4ccccc4)c4ccccc4)c4cc5ccccc5cc34)c3ccccc23)cc1. The normalized spacial score (nSPS) is 12.7. The Morgan fingerprint density at radius 2 is 0.742 bits per heavy atom. The van der Waals surface area contributed by atoms with Crippen LogP contribution in [0.25, 0.3) is 76.5 Å². The molecule has 1 aliphatic carbocycles. The van der Waals surface area contributed by atoms with Gasteiger partial charge in [0.25, 0.3) is 0 Å². The first-order valence-electron chi connectivity index (χ1n) is 22.9. The first-order valence-corrected chi connectivity index (χ1v) is 22.9. The van der Waals surface area contributed by atoms with Crippen LogP contribution in [0.1, 0.15) is 22.3 Å². The van der Waals surface area contributed by atoms with Crippen molar-refractivity contribution in [2.24, 2.45) is 0 Å². The highest BCUT2D eigenvalue weighted by atomic mass is 15.1. The molecular weight excluding hydrogens is 795 g/mol. The zero-order chi connectivity index (χ0) is 43.6. The molecule has 0 saturated carbocycles. The lowest BCUT2D eigenvalue weighted by Crippen LogP contribution is -2.28. The lowest BCUT2D eigenvalue weighted by Gasteiger charge is -2.34. The summed E-state index contributed by atoms with van der Waals surface area (Å²) in [6, 6.07) is 96.4. The fourth-order valence-electron chi connectivity index (χ4n) is 11.3. The van der Waals surface area contributed by atoms with Crippen LogP contribution < -0.4 is 4.90 Å². The molecular formula is C65H43N. The second-order valence-corrected chi connectivity index (χ2v) is 17.5. The van der Waals surface area contributed by atoms with Crippen LogP contribution >= 0.6 is 0 Å². The van der Waals surface area contributed by atoms with E-state index in [1.165, 1.54) is 98.7 Å². The van der Waals surface area contributed by atoms with Crippen LogP contribution in [0, 0.1) is 0 Å². The van der Waals surface area contributed by atoms with E-state index in [0.717, 1.165) is 17.1 Å². The molecule has 12 aromatic carbocycles. The van der Waals surface area contributed by atoms with Gasteiger partial charge in [0.2, 0.25) is 0 Å². The van der Waals surface area contributed by atoms with Gasteiger partial charge in [0.05, 0.1) is 11.1 Å². The van der Waals surface area contributed by atoms with E-state index < -0.39 is 5.41 Å². The Morgan fingerprint density at radius 1 is 0.273 bits per heavy atom. The van der Waals surface area contributed by atoms with Gasteiger partial charge in [-0.15, -0.1) is 0 Å². The zero-order valence-corrected chi connectivity index (χ0v) is 36.3. The van der Waals surface area contributed by atoms with Crippen molar-refractivity contribution < 1.29 is 0 Å². The van der Waals surface area contributed by atoms with Gasteiger partial charge >= 0.3 is 0 Å². The van der Waals surface area contributed by atoms with Crippen LogP contribution in [-0.2, 0) is 5.41 Å². The minimum absolute atomic E-state index is 0.457. The molecule has 1 aliphatic rings. The van der Waals surface area contributed by atoms with E-state index in [-0.39, 0.29) is 0 Å². The minimum atomic E-state index is -0.457. The molecule has 0 aliphatic heterocycles. The molecule has 12 aromatic rings. The van der Waals surface area contributed by atoms with E-state index in [2.05, 4.69) is 266 Å². The van der Waals surface area contributed by atoms with Gasteiger partial charge < -0.3 is 4.90 Å². The molecule has 0 spiro atoms. The van der Waals surface area contributed by atoms with E-state index in [9.17, 15) is 0 Å². The quantitative estimate of drug-likeness (QED) is 0.145. The highest BCUT2D eigenvalue weighted by molar-refractivity contribution is 6.26. The number of benzene rings is 12. The van der Waals surface area contributed by atoms with Crippen molar-refractivity contribution in [3.63, 3.8) is 0 Å². The molecule has 66 heavy (non-hydrogen) atoms. The number of rotatable bonds is 7. The van der Waals surface area contributed by atoms with Gasteiger partial charge in [-0.25, -0.2) is 0 Å². The fraction of sp³-hybridized carbons (Fsp3) is 0.0154. The van der Waals surface area contributed by atoms with Gasteiger partial charge in [0.15, 0.2) is 0 Å². The Bertz CT molecular complexity index is 3720. The summed E-state index contributed by atoms with van der Waals surface area (Å²) < 4.78 is 0. The number of anilines is 3. The molecule has 13 rings (SSSR count). The summed E-state index contributed by atoms with van der Waals surface area (Å²) in [5, 5.41) is 9.83. The molecule has 308 valence electrons. The minimum Gasteiger partial charge on any atom is -0.310 e. The lowest BCUT2D eigenvalue weighted by molar-refractivity contribution is 0.768. The summed E-state index contributed by atoms with van der Waals surface area (Å²) in [4.78, 5) is 2.38. The summed E-state index contributed by atoms with van der Waals surface area (Å²) in [6.07, 6.45) is 0. The number of para-hydroxylation sites is 2. The van der Waals surface area contributed by atoms with Crippen LogP contribution in [0.15, 0.2) is 261 Å². The Labute approximate surface area is 385 Å². The topological polar surface area (TPSA) is 3.24 Å². The van der Waals surface area contributed by atoms with Gasteiger partial charge in [-0.05, 0) is 142 Å². The van der Waals surface area contributed by atoms with Crippen molar-refractivity contribution in [1.82, 2.24) is 0 Å². The van der Waals surface area contributed by atoms with Gasteiger partial charge in [-0.1, -0.05) is 212 Å². The fourth-order valence-corrected chi connectivity index (χ4v) is 11.3. The zero-order valence-electron chi connectivity index (χ0n) is 36.3. The summed E-state index contributed by atoms with van der Waals surface area (Å²) in [7, 11) is 0. The van der Waals surface area contributed by atoms with Crippen molar-refractivity contribution in [1.29, 1.82) is 0 Å². The molecule has 0 atom stereocenters. The first kappa shape index (κ1) is 38.0. The predicted octanol–water partition coefficient (Wildman–Crippen LogP) is 17.5. The van der Waals surface area contributed by atoms with Crippen molar-refractivity contribution in [3.05, 3.63) is 283 Å². The smallest absolute Gasteiger partial charge is 0.0713 e. The number of hydrogen-bond donors (Lipinski definition) is 0. The molecule has 1 nitrogen and oxygen atoms in total. The monoisotopic (exact) mass is 837 g/mol. The standard InChI is InChI=1S/C65H43N/c1-5-23-47(24-6-1)65(48-25-7-2-8-26-48)60-36-20-19-32-52(60)57-43-46(37-39-61(57)65)63-54-34-17-18-35-55(54)64(59-42-45-22-14-13-21-44(45)41-58(59)63)56-38-40-62(53-33-16-15-31-51(53)56)66(49-27-9-3-10-28-49)50-29-11-4-12-30-50/h1-43H. The number of fused-ring (bicyclic) bond motifs is 7. The Balaban J connectivity index is 1.09. The Hall–Kier alpha value is -8.52. The predicted molar refractivity (Wildman–Crippen MR) is 279 cm³/mol. The third kappa shape index (κ3) is 5.73. The van der Waals surface area contributed by atoms with Crippen LogP contribution in [0.2, 0.25) is 0 Å². The van der Waals surface area contributed by atoms with E-state index in [4.69, 9.17) is 0 Å². The molecule has 0 N–H and O–H groups in total. The van der Waals surface area contributed by atoms with Crippen LogP contribution in [0.4, 0.5) is 17.1 Å². The highest BCUT2D eigenvalue weighted by Gasteiger charge is 2.46. The molecule has 0 saturated heterocycles. The molecule has 0 fully saturated rings. The van der Waals surface area contributed by atoms with E-state index >= 15 is 0 Å². The van der Waals surface area contributed by atoms with Crippen molar-refractivity contribution in [2.45, 2.75) is 5.41 Å². The van der Waals surface area contributed by atoms with Crippen molar-refractivity contribution >= 4 is 60.2 Å². The summed E-state index contributed by atoms with van der Waals surface area (Å²) in [5.41, 5.74) is 15.6. The summed E-state index contributed by atoms with van der Waals surface area (Å²) in [6.45, 7) is 0. The molecule has 1 heteroatoms. The third-order valence-electron chi connectivity index (χ3n) is 14.1. The molecule has 0 heterocycles. The first-order chi connectivity index (χ1) is 32.8. The average molecular weight is 838 g/mol. The van der Waals surface area contributed by atoms with Gasteiger partial charge in [0.1, 0.15) is 0 Å². The van der Waals surface area contributed by atoms with E-state index in [0.29, 0.717) is 0 Å². The maximum Gasteiger partial charge on any atom is 0.0713 e. The Morgan fingerprint density at radius 3 is 1.36 bits per heavy atom.